The number of aryl methyl sites for hydroxylation is 3. The molecular formula is C15H20BrN3O. The topological polar surface area (TPSA) is 39.1 Å². The van der Waals surface area contributed by atoms with Crippen molar-refractivity contribution < 1.29 is 4.74 Å². The van der Waals surface area contributed by atoms with Crippen LogP contribution >= 0.6 is 15.9 Å². The highest BCUT2D eigenvalue weighted by Crippen LogP contribution is 2.26. The van der Waals surface area contributed by atoms with Crippen LogP contribution in [0.15, 0.2) is 22.8 Å². The maximum absolute atomic E-state index is 5.06. The van der Waals surface area contributed by atoms with E-state index in [9.17, 15) is 0 Å². The maximum atomic E-state index is 5.06. The van der Waals surface area contributed by atoms with Gasteiger partial charge in [-0.3, -0.25) is 4.57 Å². The number of rotatable bonds is 5. The summed E-state index contributed by atoms with van der Waals surface area (Å²) in [7, 11) is 1.70. The molecule has 0 unspecified atom stereocenters. The fourth-order valence-electron chi connectivity index (χ4n) is 2.15. The van der Waals surface area contributed by atoms with Gasteiger partial charge in [-0.2, -0.15) is 0 Å². The molecule has 0 saturated carbocycles. The lowest BCUT2D eigenvalue weighted by Gasteiger charge is -2.12. The Morgan fingerprint density at radius 2 is 1.90 bits per heavy atom. The van der Waals surface area contributed by atoms with Crippen molar-refractivity contribution in [1.82, 2.24) is 9.55 Å². The van der Waals surface area contributed by atoms with Crippen LogP contribution in [0.1, 0.15) is 16.8 Å². The average Bonchev–Trinajstić information content (AvgIpc) is 2.77. The van der Waals surface area contributed by atoms with Gasteiger partial charge in [0.15, 0.2) is 0 Å². The number of nitrogens with zero attached hydrogens (tertiary/aromatic N) is 2. The third-order valence-corrected chi connectivity index (χ3v) is 4.37. The molecule has 2 rings (SSSR count). The lowest BCUT2D eigenvalue weighted by atomic mass is 10.1. The fourth-order valence-corrected chi connectivity index (χ4v) is 2.38. The number of anilines is 1. The Morgan fingerprint density at radius 3 is 2.50 bits per heavy atom. The zero-order valence-electron chi connectivity index (χ0n) is 12.3. The summed E-state index contributed by atoms with van der Waals surface area (Å²) < 4.78 is 8.30. The monoisotopic (exact) mass is 337 g/mol. The van der Waals surface area contributed by atoms with Crippen molar-refractivity contribution in [2.24, 2.45) is 0 Å². The fraction of sp³-hybridized carbons (Fsp3) is 0.400. The number of hydrogen-bond donors (Lipinski definition) is 1. The number of halogens is 1. The van der Waals surface area contributed by atoms with E-state index in [-0.39, 0.29) is 0 Å². The van der Waals surface area contributed by atoms with Crippen molar-refractivity contribution in [1.29, 1.82) is 0 Å². The molecule has 0 aliphatic rings. The molecule has 0 atom stereocenters. The minimum absolute atomic E-state index is 0.657. The summed E-state index contributed by atoms with van der Waals surface area (Å²) in [5, 5.41) is 3.30. The Bertz CT molecular complexity index is 584. The molecule has 0 amide bonds. The van der Waals surface area contributed by atoms with Crippen LogP contribution in [0.2, 0.25) is 0 Å². The van der Waals surface area contributed by atoms with Gasteiger partial charge in [0, 0.05) is 30.0 Å². The number of methoxy groups -OCH3 is 1. The molecule has 0 aliphatic carbocycles. The lowest BCUT2D eigenvalue weighted by Crippen LogP contribution is -2.11. The van der Waals surface area contributed by atoms with Crippen molar-refractivity contribution in [3.63, 3.8) is 0 Å². The zero-order chi connectivity index (χ0) is 14.7. The first kappa shape index (κ1) is 15.1. The van der Waals surface area contributed by atoms with Crippen molar-refractivity contribution in [2.45, 2.75) is 20.8 Å². The maximum Gasteiger partial charge on any atom is 0.207 e. The van der Waals surface area contributed by atoms with Crippen LogP contribution in [0.4, 0.5) is 5.95 Å². The van der Waals surface area contributed by atoms with Crippen LogP contribution in [0.5, 0.6) is 0 Å². The molecular weight excluding hydrogens is 318 g/mol. The van der Waals surface area contributed by atoms with E-state index in [0.717, 1.165) is 28.3 Å². The Labute approximate surface area is 128 Å². The van der Waals surface area contributed by atoms with Crippen LogP contribution in [0, 0.1) is 20.8 Å². The van der Waals surface area contributed by atoms with Gasteiger partial charge in [-0.25, -0.2) is 4.98 Å². The first-order valence-corrected chi connectivity index (χ1v) is 7.38. The molecule has 1 N–H and O–H groups in total. The summed E-state index contributed by atoms with van der Waals surface area (Å²) in [6.45, 7) is 7.59. The summed E-state index contributed by atoms with van der Waals surface area (Å²) >= 11 is 3.60. The molecule has 108 valence electrons. The molecule has 0 spiro atoms. The van der Waals surface area contributed by atoms with Crippen LogP contribution in [0.25, 0.3) is 5.69 Å². The Morgan fingerprint density at radius 1 is 1.25 bits per heavy atom. The van der Waals surface area contributed by atoms with Gasteiger partial charge in [0.2, 0.25) is 5.95 Å². The number of aromatic nitrogens is 2. The van der Waals surface area contributed by atoms with Crippen LogP contribution in [-0.4, -0.2) is 29.8 Å². The van der Waals surface area contributed by atoms with Gasteiger partial charge in [0.1, 0.15) is 0 Å². The van der Waals surface area contributed by atoms with Gasteiger partial charge in [-0.1, -0.05) is 15.9 Å². The summed E-state index contributed by atoms with van der Waals surface area (Å²) in [5.74, 6) is 0.848. The highest BCUT2D eigenvalue weighted by Gasteiger charge is 2.09. The van der Waals surface area contributed by atoms with Crippen molar-refractivity contribution in [3.8, 4) is 5.69 Å². The molecule has 20 heavy (non-hydrogen) atoms. The van der Waals surface area contributed by atoms with E-state index in [4.69, 9.17) is 4.74 Å². The van der Waals surface area contributed by atoms with E-state index in [1.807, 2.05) is 13.1 Å². The smallest absolute Gasteiger partial charge is 0.207 e. The molecule has 0 radical (unpaired) electrons. The second-order valence-corrected chi connectivity index (χ2v) is 5.68. The summed E-state index contributed by atoms with van der Waals surface area (Å²) in [6, 6.07) is 4.30. The number of benzene rings is 1. The molecule has 4 nitrogen and oxygen atoms in total. The lowest BCUT2D eigenvalue weighted by molar-refractivity contribution is 0.210. The van der Waals surface area contributed by atoms with Gasteiger partial charge in [-0.15, -0.1) is 0 Å². The predicted molar refractivity (Wildman–Crippen MR) is 85.8 cm³/mol. The summed E-state index contributed by atoms with van der Waals surface area (Å²) in [6.07, 6.45) is 2.04. The minimum Gasteiger partial charge on any atom is -0.383 e. The quantitative estimate of drug-likeness (QED) is 0.847. The van der Waals surface area contributed by atoms with Crippen molar-refractivity contribution >= 4 is 21.9 Å². The SMILES string of the molecule is COCCNc1nc(C)cn1-c1cc(C)c(Br)c(C)c1. The normalized spacial score (nSPS) is 10.8. The molecule has 0 aliphatic heterocycles. The van der Waals surface area contributed by atoms with Gasteiger partial charge >= 0.3 is 0 Å². The van der Waals surface area contributed by atoms with Gasteiger partial charge in [0.05, 0.1) is 12.3 Å². The first-order valence-electron chi connectivity index (χ1n) is 6.59. The summed E-state index contributed by atoms with van der Waals surface area (Å²) in [5.41, 5.74) is 4.54. The van der Waals surface area contributed by atoms with Crippen molar-refractivity contribution in [2.75, 3.05) is 25.6 Å². The average molecular weight is 338 g/mol. The highest BCUT2D eigenvalue weighted by atomic mass is 79.9. The second-order valence-electron chi connectivity index (χ2n) is 4.89. The van der Waals surface area contributed by atoms with Crippen LogP contribution < -0.4 is 5.32 Å². The number of imidazole rings is 1. The first-order chi connectivity index (χ1) is 9.52. The summed E-state index contributed by atoms with van der Waals surface area (Å²) in [4.78, 5) is 4.53. The Kier molecular flexibility index (Phi) is 4.83. The molecule has 1 heterocycles. The van der Waals surface area contributed by atoms with Gasteiger partial charge in [0.25, 0.3) is 0 Å². The minimum atomic E-state index is 0.657. The van der Waals surface area contributed by atoms with Crippen LogP contribution in [-0.2, 0) is 4.74 Å². The van der Waals surface area contributed by atoms with E-state index < -0.39 is 0 Å². The van der Waals surface area contributed by atoms with E-state index in [1.54, 1.807) is 7.11 Å². The second kappa shape index (κ2) is 6.41. The Hall–Kier alpha value is -1.33. The molecule has 0 fully saturated rings. The zero-order valence-corrected chi connectivity index (χ0v) is 13.9. The van der Waals surface area contributed by atoms with Gasteiger partial charge < -0.3 is 10.1 Å². The predicted octanol–water partition coefficient (Wildman–Crippen LogP) is 3.62. The molecule has 0 saturated heterocycles. The third-order valence-electron chi connectivity index (χ3n) is 3.12. The molecule has 5 heteroatoms. The standard InChI is InChI=1S/C15H20BrN3O/c1-10-7-13(8-11(2)14(10)16)19-9-12(3)18-15(19)17-5-6-20-4/h7-9H,5-6H2,1-4H3,(H,17,18). The largest absolute Gasteiger partial charge is 0.383 e. The molecule has 1 aromatic carbocycles. The van der Waals surface area contributed by atoms with E-state index in [2.05, 4.69) is 56.8 Å². The highest BCUT2D eigenvalue weighted by molar-refractivity contribution is 9.10. The Balaban J connectivity index is 2.37. The van der Waals surface area contributed by atoms with Gasteiger partial charge in [-0.05, 0) is 44.0 Å². The van der Waals surface area contributed by atoms with E-state index >= 15 is 0 Å². The third kappa shape index (κ3) is 3.22. The molecule has 1 aromatic heterocycles. The van der Waals surface area contributed by atoms with Crippen LogP contribution in [0.3, 0.4) is 0 Å². The number of hydrogen-bond acceptors (Lipinski definition) is 3. The molecule has 2 aromatic rings. The number of nitrogens with one attached hydrogen (secondary N) is 1. The van der Waals surface area contributed by atoms with Crippen molar-refractivity contribution in [3.05, 3.63) is 39.6 Å². The van der Waals surface area contributed by atoms with E-state index in [1.165, 1.54) is 11.1 Å². The number of ether oxygens (including phenoxy) is 1. The molecule has 0 bridgehead atoms. The van der Waals surface area contributed by atoms with E-state index in [0.29, 0.717) is 6.61 Å².